The Morgan fingerprint density at radius 2 is 1.18 bits per heavy atom. The molecule has 2 heteroatoms. The highest BCUT2D eigenvalue weighted by Gasteiger charge is 2.45. The van der Waals surface area contributed by atoms with Crippen molar-refractivity contribution in [1.29, 1.82) is 0 Å². The molecule has 9 atom stereocenters. The standard InChI is InChI=1S/C26H46N2/c1-17(2)26-27(15-24-20(5)11-18(3)12-21(24)6)9-10-28(26)16-25-22(7)13-19(4)14-23(25)8/h11,13,17,20-26H,9-10,12,14-16H2,1-8H3/p+2/t20-,21+,22+,23-,24-,25-,26?/m0/s1. The first-order valence-electron chi connectivity index (χ1n) is 12.2. The summed E-state index contributed by atoms with van der Waals surface area (Å²) in [6, 6.07) is 0. The molecular weight excluding hydrogens is 340 g/mol. The molecule has 3 rings (SSSR count). The molecule has 0 spiro atoms. The maximum absolute atomic E-state index is 2.56. The van der Waals surface area contributed by atoms with Crippen molar-refractivity contribution in [3.05, 3.63) is 23.3 Å². The Morgan fingerprint density at radius 1 is 0.786 bits per heavy atom. The smallest absolute Gasteiger partial charge is 0.216 e. The summed E-state index contributed by atoms with van der Waals surface area (Å²) in [5.74, 6) is 5.67. The quantitative estimate of drug-likeness (QED) is 0.669. The topological polar surface area (TPSA) is 8.88 Å². The highest BCUT2D eigenvalue weighted by molar-refractivity contribution is 5.09. The molecule has 2 aliphatic carbocycles. The molecule has 1 heterocycles. The van der Waals surface area contributed by atoms with Gasteiger partial charge in [0, 0.05) is 11.8 Å². The van der Waals surface area contributed by atoms with Crippen LogP contribution in [-0.4, -0.2) is 32.3 Å². The van der Waals surface area contributed by atoms with Gasteiger partial charge in [-0.2, -0.15) is 0 Å². The zero-order valence-corrected chi connectivity index (χ0v) is 20.0. The molecule has 3 unspecified atom stereocenters. The van der Waals surface area contributed by atoms with Gasteiger partial charge in [-0.3, -0.25) is 9.80 Å². The second-order valence-corrected chi connectivity index (χ2v) is 11.4. The van der Waals surface area contributed by atoms with Gasteiger partial charge in [-0.05, 0) is 50.4 Å². The van der Waals surface area contributed by atoms with Crippen molar-refractivity contribution >= 4 is 0 Å². The molecular formula is C26H48N2+2. The van der Waals surface area contributed by atoms with E-state index in [0.717, 1.165) is 47.6 Å². The fourth-order valence-corrected chi connectivity index (χ4v) is 7.34. The van der Waals surface area contributed by atoms with Crippen LogP contribution in [0.1, 0.15) is 68.2 Å². The predicted molar refractivity (Wildman–Crippen MR) is 120 cm³/mol. The van der Waals surface area contributed by atoms with Crippen LogP contribution in [0.2, 0.25) is 0 Å². The Morgan fingerprint density at radius 3 is 1.50 bits per heavy atom. The Balaban J connectivity index is 1.69. The normalized spacial score (nSPS) is 44.5. The van der Waals surface area contributed by atoms with E-state index in [1.54, 1.807) is 11.1 Å². The first-order valence-corrected chi connectivity index (χ1v) is 12.2. The fraction of sp³-hybridized carbons (Fsp3) is 0.846. The van der Waals surface area contributed by atoms with Crippen molar-refractivity contribution in [2.45, 2.75) is 74.4 Å². The average molecular weight is 389 g/mol. The summed E-state index contributed by atoms with van der Waals surface area (Å²) < 4.78 is 0. The molecule has 3 aliphatic rings. The summed E-state index contributed by atoms with van der Waals surface area (Å²) >= 11 is 0. The van der Waals surface area contributed by atoms with Crippen molar-refractivity contribution in [3.63, 3.8) is 0 Å². The van der Waals surface area contributed by atoms with Crippen molar-refractivity contribution in [1.82, 2.24) is 0 Å². The number of hydrogen-bond acceptors (Lipinski definition) is 0. The van der Waals surface area contributed by atoms with Crippen LogP contribution in [0.3, 0.4) is 0 Å². The van der Waals surface area contributed by atoms with E-state index < -0.39 is 0 Å². The van der Waals surface area contributed by atoms with Crippen LogP contribution >= 0.6 is 0 Å². The predicted octanol–water partition coefficient (Wildman–Crippen LogP) is 3.23. The summed E-state index contributed by atoms with van der Waals surface area (Å²) in [6.07, 6.45) is 8.55. The first-order chi connectivity index (χ1) is 13.2. The molecule has 2 N–H and O–H groups in total. The third kappa shape index (κ3) is 4.75. The van der Waals surface area contributed by atoms with Crippen LogP contribution < -0.4 is 9.80 Å². The Bertz CT molecular complexity index is 541. The van der Waals surface area contributed by atoms with Gasteiger partial charge in [0.2, 0.25) is 6.17 Å². The highest BCUT2D eigenvalue weighted by Crippen LogP contribution is 2.33. The van der Waals surface area contributed by atoms with Crippen molar-refractivity contribution < 1.29 is 9.80 Å². The number of hydrogen-bond donors (Lipinski definition) is 2. The lowest BCUT2D eigenvalue weighted by Crippen LogP contribution is -3.30. The van der Waals surface area contributed by atoms with Gasteiger partial charge in [-0.15, -0.1) is 0 Å². The first kappa shape index (κ1) is 22.1. The maximum Gasteiger partial charge on any atom is 0.216 e. The van der Waals surface area contributed by atoms with Crippen molar-refractivity contribution in [2.24, 2.45) is 41.4 Å². The van der Waals surface area contributed by atoms with E-state index in [1.807, 2.05) is 9.80 Å². The van der Waals surface area contributed by atoms with Gasteiger partial charge < -0.3 is 0 Å². The van der Waals surface area contributed by atoms with Gasteiger partial charge in [0.05, 0.1) is 19.0 Å². The van der Waals surface area contributed by atoms with Gasteiger partial charge in [0.25, 0.3) is 0 Å². The second kappa shape index (κ2) is 9.04. The highest BCUT2D eigenvalue weighted by atomic mass is 15.4. The van der Waals surface area contributed by atoms with E-state index in [1.165, 1.54) is 39.0 Å². The van der Waals surface area contributed by atoms with Crippen LogP contribution in [0.4, 0.5) is 0 Å². The fourth-order valence-electron chi connectivity index (χ4n) is 7.34. The Kier molecular flexibility index (Phi) is 7.14. The molecule has 160 valence electrons. The maximum atomic E-state index is 2.56. The molecule has 0 aromatic rings. The summed E-state index contributed by atoms with van der Waals surface area (Å²) in [6.45, 7) is 25.1. The Hall–Kier alpha value is -0.600. The van der Waals surface area contributed by atoms with Crippen LogP contribution in [0.15, 0.2) is 23.3 Å². The SMILES string of the molecule is CC1=C[C@H](C)[C@H](C[NH+]2CC[NH+](C[C@H]3[C@H](C)C=C(C)C[C@@H]3C)C2C(C)C)[C@H](C)C1. The monoisotopic (exact) mass is 388 g/mol. The minimum atomic E-state index is 0.750. The number of rotatable bonds is 5. The molecule has 1 fully saturated rings. The molecule has 28 heavy (non-hydrogen) atoms. The molecule has 0 saturated carbocycles. The summed E-state index contributed by atoms with van der Waals surface area (Å²) in [7, 11) is 0. The van der Waals surface area contributed by atoms with E-state index in [-0.39, 0.29) is 0 Å². The van der Waals surface area contributed by atoms with Gasteiger partial charge >= 0.3 is 0 Å². The minimum absolute atomic E-state index is 0.750. The van der Waals surface area contributed by atoms with E-state index in [0.29, 0.717) is 0 Å². The van der Waals surface area contributed by atoms with Crippen molar-refractivity contribution in [2.75, 3.05) is 26.2 Å². The lowest BCUT2D eigenvalue weighted by molar-refractivity contribution is -1.07. The van der Waals surface area contributed by atoms with Crippen LogP contribution in [0.5, 0.6) is 0 Å². The molecule has 0 bridgehead atoms. The summed E-state index contributed by atoms with van der Waals surface area (Å²) in [5.41, 5.74) is 3.23. The van der Waals surface area contributed by atoms with Crippen LogP contribution in [0, 0.1) is 41.4 Å². The van der Waals surface area contributed by atoms with E-state index >= 15 is 0 Å². The van der Waals surface area contributed by atoms with E-state index in [2.05, 4.69) is 67.5 Å². The van der Waals surface area contributed by atoms with Crippen molar-refractivity contribution in [3.8, 4) is 0 Å². The van der Waals surface area contributed by atoms with Gasteiger partial charge in [-0.1, -0.05) is 64.8 Å². The zero-order chi connectivity index (χ0) is 20.6. The average Bonchev–Trinajstić information content (AvgIpc) is 2.96. The number of quaternary nitrogens is 2. The third-order valence-electron chi connectivity index (χ3n) is 8.50. The second-order valence-electron chi connectivity index (χ2n) is 11.4. The molecule has 0 amide bonds. The largest absolute Gasteiger partial charge is 0.281 e. The third-order valence-corrected chi connectivity index (χ3v) is 8.50. The van der Waals surface area contributed by atoms with Crippen LogP contribution in [-0.2, 0) is 0 Å². The summed E-state index contributed by atoms with van der Waals surface area (Å²) in [4.78, 5) is 3.81. The minimum Gasteiger partial charge on any atom is -0.281 e. The Labute approximate surface area is 175 Å². The van der Waals surface area contributed by atoms with Crippen LogP contribution in [0.25, 0.3) is 0 Å². The molecule has 0 aromatic carbocycles. The van der Waals surface area contributed by atoms with E-state index in [4.69, 9.17) is 0 Å². The lowest BCUT2D eigenvalue weighted by Gasteiger charge is -2.38. The molecule has 2 nitrogen and oxygen atoms in total. The molecule has 0 radical (unpaired) electrons. The number of allylic oxidation sites excluding steroid dienone is 4. The summed E-state index contributed by atoms with van der Waals surface area (Å²) in [5, 5.41) is 0. The molecule has 1 aliphatic heterocycles. The number of nitrogens with one attached hydrogen (secondary N) is 2. The zero-order valence-electron chi connectivity index (χ0n) is 20.0. The van der Waals surface area contributed by atoms with E-state index in [9.17, 15) is 0 Å². The van der Waals surface area contributed by atoms with Gasteiger partial charge in [-0.25, -0.2) is 0 Å². The van der Waals surface area contributed by atoms with Gasteiger partial charge in [0.1, 0.15) is 13.1 Å². The lowest BCUT2D eigenvalue weighted by atomic mass is 9.74. The van der Waals surface area contributed by atoms with Gasteiger partial charge in [0.15, 0.2) is 0 Å². The molecule has 0 aromatic heterocycles. The molecule has 1 saturated heterocycles.